The quantitative estimate of drug-likeness (QED) is 0.163. The highest BCUT2D eigenvalue weighted by Gasteiger charge is 2.20. The standard InChI is InChI=1S/C48H30N6O/c1-4-16-31(17-5-1)43-49-44(32-18-6-2-7-19-32)52-47(51-43)39-25-10-11-26-40(39)48-53-45(33-20-8-3-9-21-33)50-46(54-48)35-23-14-22-34(30-35)36-27-15-28-38-37-24-12-13-29-41(37)55-42(36)38/h1-30H. The maximum absolute atomic E-state index is 6.41. The van der Waals surface area contributed by atoms with Crippen LogP contribution < -0.4 is 0 Å². The van der Waals surface area contributed by atoms with E-state index in [0.29, 0.717) is 34.9 Å². The molecule has 0 fully saturated rings. The van der Waals surface area contributed by atoms with Crippen LogP contribution >= 0.6 is 0 Å². The Labute approximate surface area is 316 Å². The first-order chi connectivity index (χ1) is 27.2. The van der Waals surface area contributed by atoms with Gasteiger partial charge in [0, 0.05) is 49.7 Å². The van der Waals surface area contributed by atoms with Crippen LogP contribution in [0.3, 0.4) is 0 Å². The highest BCUT2D eigenvalue weighted by atomic mass is 16.3. The van der Waals surface area contributed by atoms with Gasteiger partial charge in [-0.1, -0.05) is 170 Å². The Hall–Kier alpha value is -7.64. The molecule has 0 saturated carbocycles. The molecule has 10 rings (SSSR count). The average Bonchev–Trinajstić information content (AvgIpc) is 3.66. The number of benzene rings is 7. The zero-order chi connectivity index (χ0) is 36.6. The first kappa shape index (κ1) is 32.0. The molecule has 10 aromatic rings. The van der Waals surface area contributed by atoms with Gasteiger partial charge >= 0.3 is 0 Å². The highest BCUT2D eigenvalue weighted by Crippen LogP contribution is 2.38. The minimum atomic E-state index is 0.507. The summed E-state index contributed by atoms with van der Waals surface area (Å²) in [6.07, 6.45) is 0. The fourth-order valence-corrected chi connectivity index (χ4v) is 6.94. The van der Waals surface area contributed by atoms with E-state index >= 15 is 0 Å². The fourth-order valence-electron chi connectivity index (χ4n) is 6.94. The molecule has 0 amide bonds. The van der Waals surface area contributed by atoms with Crippen molar-refractivity contribution in [2.45, 2.75) is 0 Å². The van der Waals surface area contributed by atoms with Crippen molar-refractivity contribution in [3.05, 3.63) is 182 Å². The summed E-state index contributed by atoms with van der Waals surface area (Å²) < 4.78 is 6.41. The molecule has 0 bridgehead atoms. The smallest absolute Gasteiger partial charge is 0.164 e. The monoisotopic (exact) mass is 706 g/mol. The van der Waals surface area contributed by atoms with Crippen molar-refractivity contribution < 1.29 is 4.42 Å². The summed E-state index contributed by atoms with van der Waals surface area (Å²) in [6, 6.07) is 60.6. The Morgan fingerprint density at radius 2 is 0.655 bits per heavy atom. The van der Waals surface area contributed by atoms with Gasteiger partial charge in [0.25, 0.3) is 0 Å². The van der Waals surface area contributed by atoms with E-state index in [-0.39, 0.29) is 0 Å². The van der Waals surface area contributed by atoms with Crippen LogP contribution in [0.15, 0.2) is 186 Å². The highest BCUT2D eigenvalue weighted by molar-refractivity contribution is 6.09. The van der Waals surface area contributed by atoms with Gasteiger partial charge in [0.2, 0.25) is 0 Å². The molecule has 0 N–H and O–H groups in total. The first-order valence-electron chi connectivity index (χ1n) is 18.0. The van der Waals surface area contributed by atoms with E-state index in [0.717, 1.165) is 66.4 Å². The molecule has 3 heterocycles. The average molecular weight is 707 g/mol. The van der Waals surface area contributed by atoms with E-state index in [9.17, 15) is 0 Å². The molecule has 0 aliphatic heterocycles. The number of nitrogens with zero attached hydrogens (tertiary/aromatic N) is 6. The van der Waals surface area contributed by atoms with Gasteiger partial charge in [-0.05, 0) is 17.7 Å². The van der Waals surface area contributed by atoms with Crippen molar-refractivity contribution in [2.24, 2.45) is 0 Å². The number of para-hydroxylation sites is 2. The van der Waals surface area contributed by atoms with Crippen molar-refractivity contribution in [1.29, 1.82) is 0 Å². The van der Waals surface area contributed by atoms with E-state index in [2.05, 4.69) is 36.4 Å². The number of fused-ring (bicyclic) bond motifs is 3. The predicted octanol–water partition coefficient (Wildman–Crippen LogP) is 11.6. The van der Waals surface area contributed by atoms with Gasteiger partial charge in [0.15, 0.2) is 34.9 Å². The summed E-state index contributed by atoms with van der Waals surface area (Å²) in [5.74, 6) is 3.29. The maximum atomic E-state index is 6.41. The maximum Gasteiger partial charge on any atom is 0.164 e. The van der Waals surface area contributed by atoms with Crippen LogP contribution in [0.4, 0.5) is 0 Å². The molecule has 0 aliphatic carbocycles. The van der Waals surface area contributed by atoms with E-state index in [1.54, 1.807) is 0 Å². The lowest BCUT2D eigenvalue weighted by Gasteiger charge is -2.13. The number of hydrogen-bond donors (Lipinski definition) is 0. The number of hydrogen-bond acceptors (Lipinski definition) is 7. The van der Waals surface area contributed by atoms with Gasteiger partial charge in [-0.25, -0.2) is 29.9 Å². The first-order valence-corrected chi connectivity index (χ1v) is 18.0. The summed E-state index contributed by atoms with van der Waals surface area (Å²) in [5, 5.41) is 2.17. The Balaban J connectivity index is 1.14. The van der Waals surface area contributed by atoms with Crippen molar-refractivity contribution in [3.8, 4) is 79.5 Å². The zero-order valence-corrected chi connectivity index (χ0v) is 29.4. The van der Waals surface area contributed by atoms with E-state index in [1.807, 2.05) is 146 Å². The topological polar surface area (TPSA) is 90.5 Å². The van der Waals surface area contributed by atoms with Crippen LogP contribution in [-0.4, -0.2) is 29.9 Å². The van der Waals surface area contributed by atoms with Gasteiger partial charge in [-0.15, -0.1) is 0 Å². The molecule has 55 heavy (non-hydrogen) atoms. The van der Waals surface area contributed by atoms with Gasteiger partial charge in [0.05, 0.1) is 0 Å². The Morgan fingerprint density at radius 3 is 1.22 bits per heavy atom. The Kier molecular flexibility index (Phi) is 8.00. The summed E-state index contributed by atoms with van der Waals surface area (Å²) in [5.41, 5.74) is 8.78. The van der Waals surface area contributed by atoms with Crippen molar-refractivity contribution in [2.75, 3.05) is 0 Å². The number of rotatable bonds is 7. The molecule has 3 aromatic heterocycles. The van der Waals surface area contributed by atoms with Gasteiger partial charge in [0.1, 0.15) is 11.2 Å². The zero-order valence-electron chi connectivity index (χ0n) is 29.4. The largest absolute Gasteiger partial charge is 0.455 e. The third-order valence-electron chi connectivity index (χ3n) is 9.61. The third-order valence-corrected chi connectivity index (χ3v) is 9.61. The SMILES string of the molecule is c1ccc(-c2nc(-c3ccccc3)nc(-c3ccccc3-c3nc(-c4ccccc4)nc(-c4cccc(-c5cccc6c5oc5ccccc56)c4)n3)n2)cc1. The normalized spacial score (nSPS) is 11.3. The Morgan fingerprint density at radius 1 is 0.273 bits per heavy atom. The van der Waals surface area contributed by atoms with Crippen LogP contribution in [0, 0.1) is 0 Å². The molecule has 0 atom stereocenters. The summed E-state index contributed by atoms with van der Waals surface area (Å²) >= 11 is 0. The molecule has 7 nitrogen and oxygen atoms in total. The molecule has 0 aliphatic rings. The third kappa shape index (κ3) is 6.09. The minimum absolute atomic E-state index is 0.507. The van der Waals surface area contributed by atoms with Gasteiger partial charge in [-0.3, -0.25) is 0 Å². The second-order valence-corrected chi connectivity index (χ2v) is 13.1. The molecule has 0 unspecified atom stereocenters. The molecule has 7 aromatic carbocycles. The number of aromatic nitrogens is 6. The molecular weight excluding hydrogens is 677 g/mol. The molecular formula is C48H30N6O. The number of furan rings is 1. The summed E-state index contributed by atoms with van der Waals surface area (Å²) in [7, 11) is 0. The van der Waals surface area contributed by atoms with Crippen LogP contribution in [0.2, 0.25) is 0 Å². The van der Waals surface area contributed by atoms with Crippen LogP contribution in [-0.2, 0) is 0 Å². The van der Waals surface area contributed by atoms with Crippen molar-refractivity contribution in [3.63, 3.8) is 0 Å². The second-order valence-electron chi connectivity index (χ2n) is 13.1. The predicted molar refractivity (Wildman–Crippen MR) is 219 cm³/mol. The van der Waals surface area contributed by atoms with Crippen LogP contribution in [0.5, 0.6) is 0 Å². The molecule has 0 spiro atoms. The molecule has 7 heteroatoms. The van der Waals surface area contributed by atoms with E-state index in [4.69, 9.17) is 34.3 Å². The van der Waals surface area contributed by atoms with Crippen molar-refractivity contribution in [1.82, 2.24) is 29.9 Å². The minimum Gasteiger partial charge on any atom is -0.455 e. The Bertz CT molecular complexity index is 2920. The molecule has 258 valence electrons. The van der Waals surface area contributed by atoms with Gasteiger partial charge in [-0.2, -0.15) is 0 Å². The lowest BCUT2D eigenvalue weighted by molar-refractivity contribution is 0.670. The van der Waals surface area contributed by atoms with E-state index in [1.165, 1.54) is 0 Å². The summed E-state index contributed by atoms with van der Waals surface area (Å²) in [6.45, 7) is 0. The molecule has 0 radical (unpaired) electrons. The lowest BCUT2D eigenvalue weighted by Crippen LogP contribution is -2.03. The molecule has 0 saturated heterocycles. The lowest BCUT2D eigenvalue weighted by atomic mass is 10.00. The van der Waals surface area contributed by atoms with Crippen molar-refractivity contribution >= 4 is 21.9 Å². The fraction of sp³-hybridized carbons (Fsp3) is 0. The van der Waals surface area contributed by atoms with Crippen LogP contribution in [0.1, 0.15) is 0 Å². The van der Waals surface area contributed by atoms with Crippen LogP contribution in [0.25, 0.3) is 101 Å². The van der Waals surface area contributed by atoms with Gasteiger partial charge < -0.3 is 4.42 Å². The second kappa shape index (κ2) is 13.7. The summed E-state index contributed by atoms with van der Waals surface area (Å²) in [4.78, 5) is 30.3. The van der Waals surface area contributed by atoms with E-state index < -0.39 is 0 Å².